The van der Waals surface area contributed by atoms with E-state index < -0.39 is 0 Å². The molecule has 2 saturated heterocycles. The van der Waals surface area contributed by atoms with Crippen molar-refractivity contribution in [2.24, 2.45) is 0 Å². The first-order chi connectivity index (χ1) is 20.7. The normalized spacial score (nSPS) is 17.7. The first-order valence-corrected chi connectivity index (χ1v) is 16.0. The molecule has 2 bridgehead atoms. The smallest absolute Gasteiger partial charge is 0.266 e. The second-order valence-corrected chi connectivity index (χ2v) is 12.9. The van der Waals surface area contributed by atoms with Gasteiger partial charge in [0.25, 0.3) is 11.5 Å². The van der Waals surface area contributed by atoms with E-state index in [4.69, 9.17) is 32.9 Å². The summed E-state index contributed by atoms with van der Waals surface area (Å²) < 4.78 is 7.53. The number of allylic oxidation sites excluding steroid dienone is 1. The number of hydrogen-bond acceptors (Lipinski definition) is 6. The molecule has 2 atom stereocenters. The van der Waals surface area contributed by atoms with E-state index in [0.717, 1.165) is 29.7 Å². The van der Waals surface area contributed by atoms with Gasteiger partial charge in [-0.3, -0.25) is 14.2 Å². The fourth-order valence-corrected chi connectivity index (χ4v) is 6.96. The fourth-order valence-electron chi connectivity index (χ4n) is 5.84. The molecule has 2 aromatic heterocycles. The summed E-state index contributed by atoms with van der Waals surface area (Å²) in [6, 6.07) is 14.9. The molecule has 0 unspecified atom stereocenters. The second kappa shape index (κ2) is 12.3. The van der Waals surface area contributed by atoms with E-state index in [-0.39, 0.29) is 23.6 Å². The third-order valence-corrected chi connectivity index (χ3v) is 9.10. The Morgan fingerprint density at radius 3 is 2.44 bits per heavy atom. The van der Waals surface area contributed by atoms with Gasteiger partial charge in [-0.05, 0) is 76.1 Å². The number of halogens is 2. The number of aromatic nitrogens is 2. The number of carbonyl (C=O) groups is 1. The van der Waals surface area contributed by atoms with Gasteiger partial charge >= 0.3 is 0 Å². The van der Waals surface area contributed by atoms with Crippen molar-refractivity contribution in [2.75, 3.05) is 19.7 Å². The second-order valence-electron chi connectivity index (χ2n) is 11.2. The van der Waals surface area contributed by atoms with Crippen LogP contribution in [0, 0.1) is 0 Å². The van der Waals surface area contributed by atoms with Crippen LogP contribution in [0.3, 0.4) is 0 Å². The predicted molar refractivity (Wildman–Crippen MR) is 175 cm³/mol. The van der Waals surface area contributed by atoms with E-state index in [1.165, 1.54) is 11.3 Å². The predicted octanol–water partition coefficient (Wildman–Crippen LogP) is 7.33. The van der Waals surface area contributed by atoms with Gasteiger partial charge in [0.2, 0.25) is 0 Å². The minimum Gasteiger partial charge on any atom is -0.492 e. The Morgan fingerprint density at radius 1 is 1.07 bits per heavy atom. The monoisotopic (exact) mass is 634 g/mol. The Labute approximate surface area is 264 Å². The van der Waals surface area contributed by atoms with E-state index in [1.807, 2.05) is 61.4 Å². The molecule has 2 aliphatic heterocycles. The lowest BCUT2D eigenvalue weighted by molar-refractivity contribution is 0.0696. The largest absolute Gasteiger partial charge is 0.492 e. The number of pyridine rings is 1. The number of amides is 1. The summed E-state index contributed by atoms with van der Waals surface area (Å²) in [4.78, 5) is 35.7. The molecule has 10 heteroatoms. The van der Waals surface area contributed by atoms with Crippen LogP contribution in [0.2, 0.25) is 10.0 Å². The molecule has 7 nitrogen and oxygen atoms in total. The fraction of sp³-hybridized carbons (Fsp3) is 0.303. The first kappa shape index (κ1) is 29.6. The Hall–Kier alpha value is -3.43. The molecule has 4 aromatic rings. The number of piperazine rings is 1. The molecule has 6 rings (SSSR count). The van der Waals surface area contributed by atoms with Crippen molar-refractivity contribution in [1.82, 2.24) is 19.8 Å². The molecule has 2 aromatic carbocycles. The van der Waals surface area contributed by atoms with Gasteiger partial charge in [0.05, 0.1) is 34.8 Å². The molecular weight excluding hydrogens is 603 g/mol. The van der Waals surface area contributed by atoms with Crippen molar-refractivity contribution < 1.29 is 9.53 Å². The Balaban J connectivity index is 1.60. The summed E-state index contributed by atoms with van der Waals surface area (Å²) in [5.74, 6) is 0.379. The van der Waals surface area contributed by atoms with Crippen LogP contribution in [0.15, 0.2) is 64.3 Å². The van der Waals surface area contributed by atoms with Gasteiger partial charge in [0.1, 0.15) is 10.8 Å². The number of ether oxygens (including phenoxy) is 1. The third-order valence-electron chi connectivity index (χ3n) is 7.73. The van der Waals surface area contributed by atoms with Gasteiger partial charge in [-0.25, -0.2) is 4.98 Å². The lowest BCUT2D eigenvalue weighted by atomic mass is 10.0. The maximum atomic E-state index is 14.5. The molecule has 0 radical (unpaired) electrons. The Bertz CT molecular complexity index is 1760. The third kappa shape index (κ3) is 6.02. The number of nitrogens with one attached hydrogen (secondary N) is 1. The van der Waals surface area contributed by atoms with Crippen molar-refractivity contribution in [2.45, 2.75) is 45.7 Å². The maximum absolute atomic E-state index is 14.5. The lowest BCUT2D eigenvalue weighted by Crippen LogP contribution is -2.53. The highest BCUT2D eigenvalue weighted by atomic mass is 35.5. The number of likely N-dealkylation sites (tertiary alicyclic amines) is 1. The molecule has 4 heterocycles. The Kier molecular flexibility index (Phi) is 8.47. The average Bonchev–Trinajstić information content (AvgIpc) is 3.60. The molecule has 0 aliphatic carbocycles. The molecule has 0 spiro atoms. The van der Waals surface area contributed by atoms with Crippen LogP contribution in [0.4, 0.5) is 0 Å². The van der Waals surface area contributed by atoms with E-state index in [2.05, 4.69) is 5.32 Å². The number of benzene rings is 2. The molecule has 1 amide bonds. The molecule has 222 valence electrons. The van der Waals surface area contributed by atoms with Crippen LogP contribution in [0.25, 0.3) is 33.6 Å². The summed E-state index contributed by atoms with van der Waals surface area (Å²) in [7, 11) is 0. The molecule has 2 aliphatic rings. The maximum Gasteiger partial charge on any atom is 0.266 e. The van der Waals surface area contributed by atoms with E-state index in [0.29, 0.717) is 63.0 Å². The minimum atomic E-state index is -0.315. The standard InChI is InChI=1S/C33H32Cl2N4O3S/c1-4-42-30-12-9-22(35)14-29(30)39-28(13-19(2)3)25(32(40)38-16-23-10-11-24(17-38)36-23)15-26(33(39)41)31-37-27(18-43-31)20-5-7-21(34)8-6-20/h5-9,12-15,18,23-24,36H,4,10-11,16-17H2,1-3H3/t23-,24+. The van der Waals surface area contributed by atoms with Crippen molar-refractivity contribution in [1.29, 1.82) is 0 Å². The zero-order valence-corrected chi connectivity index (χ0v) is 26.5. The molecular formula is C33H32Cl2N4O3S. The summed E-state index contributed by atoms with van der Waals surface area (Å²) in [6.45, 7) is 7.42. The molecule has 2 fully saturated rings. The zero-order chi connectivity index (χ0) is 30.2. The number of rotatable bonds is 7. The summed E-state index contributed by atoms with van der Waals surface area (Å²) >= 11 is 14.0. The highest BCUT2D eigenvalue weighted by molar-refractivity contribution is 7.13. The lowest BCUT2D eigenvalue weighted by Gasteiger charge is -2.33. The molecule has 43 heavy (non-hydrogen) atoms. The number of carbonyl (C=O) groups excluding carboxylic acids is 1. The van der Waals surface area contributed by atoms with Gasteiger partial charge in [-0.2, -0.15) is 0 Å². The van der Waals surface area contributed by atoms with Crippen LogP contribution in [-0.4, -0.2) is 52.1 Å². The summed E-state index contributed by atoms with van der Waals surface area (Å²) in [5, 5.41) is 7.10. The van der Waals surface area contributed by atoms with E-state index in [9.17, 15) is 9.59 Å². The van der Waals surface area contributed by atoms with E-state index in [1.54, 1.807) is 28.8 Å². The van der Waals surface area contributed by atoms with Gasteiger partial charge in [-0.1, -0.05) is 40.9 Å². The van der Waals surface area contributed by atoms with Crippen LogP contribution in [-0.2, 0) is 0 Å². The van der Waals surface area contributed by atoms with Crippen LogP contribution < -0.4 is 15.6 Å². The number of thiazole rings is 1. The van der Waals surface area contributed by atoms with Crippen molar-refractivity contribution in [3.8, 4) is 33.3 Å². The highest BCUT2D eigenvalue weighted by Gasteiger charge is 2.36. The van der Waals surface area contributed by atoms with Crippen molar-refractivity contribution in [3.63, 3.8) is 0 Å². The van der Waals surface area contributed by atoms with Crippen molar-refractivity contribution >= 4 is 46.5 Å². The topological polar surface area (TPSA) is 76.5 Å². The van der Waals surface area contributed by atoms with Gasteiger partial charge in [0.15, 0.2) is 0 Å². The van der Waals surface area contributed by atoms with Crippen LogP contribution in [0.5, 0.6) is 5.75 Å². The van der Waals surface area contributed by atoms with Gasteiger partial charge in [-0.15, -0.1) is 11.3 Å². The Morgan fingerprint density at radius 2 is 1.77 bits per heavy atom. The van der Waals surface area contributed by atoms with Crippen LogP contribution >= 0.6 is 34.5 Å². The number of nitrogens with zero attached hydrogens (tertiary/aromatic N) is 3. The zero-order valence-electron chi connectivity index (χ0n) is 24.2. The van der Waals surface area contributed by atoms with Gasteiger partial charge < -0.3 is 15.0 Å². The highest BCUT2D eigenvalue weighted by Crippen LogP contribution is 2.34. The van der Waals surface area contributed by atoms with E-state index >= 15 is 0 Å². The quantitative estimate of drug-likeness (QED) is 0.230. The SMILES string of the molecule is CCOc1ccc(Cl)cc1-n1c(C=C(C)C)c(C(=O)N2C[C@H]3CC[C@@H](C2)N3)cc(-c2nc(-c3ccc(Cl)cc3)cs2)c1=O. The van der Waals surface area contributed by atoms with Gasteiger partial charge in [0, 0.05) is 46.2 Å². The molecule has 0 saturated carbocycles. The van der Waals surface area contributed by atoms with Crippen LogP contribution in [0.1, 0.15) is 49.7 Å². The average molecular weight is 636 g/mol. The minimum absolute atomic E-state index is 0.115. The van der Waals surface area contributed by atoms with Crippen molar-refractivity contribution in [3.05, 3.63) is 91.1 Å². The molecule has 1 N–H and O–H groups in total. The summed E-state index contributed by atoms with van der Waals surface area (Å²) in [5.41, 5.74) is 3.96. The first-order valence-electron chi connectivity index (χ1n) is 14.4. The number of fused-ring (bicyclic) bond motifs is 2. The number of hydrogen-bond donors (Lipinski definition) is 1. The summed E-state index contributed by atoms with van der Waals surface area (Å²) in [6.07, 6.45) is 3.98.